The minimum Gasteiger partial charge on any atom is -0.504 e. The van der Waals surface area contributed by atoms with Gasteiger partial charge in [0.05, 0.1) is 12.1 Å². The van der Waals surface area contributed by atoms with Crippen LogP contribution >= 0.6 is 11.3 Å². The van der Waals surface area contributed by atoms with Gasteiger partial charge in [-0.25, -0.2) is 0 Å². The monoisotopic (exact) mass is 442 g/mol. The summed E-state index contributed by atoms with van der Waals surface area (Å²) in [5.74, 6) is -0.674. The number of aromatic nitrogens is 1. The topological polar surface area (TPSA) is 106 Å². The molecule has 2 aromatic heterocycles. The summed E-state index contributed by atoms with van der Waals surface area (Å²) in [6.07, 6.45) is 1.51. The Morgan fingerprint density at radius 2 is 1.75 bits per heavy atom. The van der Waals surface area contributed by atoms with E-state index in [1.54, 1.807) is 23.5 Å². The van der Waals surface area contributed by atoms with Gasteiger partial charge in [0.25, 0.3) is 5.56 Å². The fourth-order valence-corrected chi connectivity index (χ4v) is 4.71. The van der Waals surface area contributed by atoms with Crippen molar-refractivity contribution >= 4 is 38.4 Å². The highest BCUT2D eigenvalue weighted by Crippen LogP contribution is 2.35. The number of hydrogen-bond acceptors (Lipinski definition) is 6. The van der Waals surface area contributed by atoms with Gasteiger partial charge in [-0.3, -0.25) is 14.8 Å². The highest BCUT2D eigenvalue weighted by molar-refractivity contribution is 7.22. The fraction of sp³-hybridized carbons (Fsp3) is 0.0400. The lowest BCUT2D eigenvalue weighted by molar-refractivity contribution is 0.403. The number of hydrogen-bond donors (Lipinski definition) is 4. The summed E-state index contributed by atoms with van der Waals surface area (Å²) in [7, 11) is 0. The standard InChI is InChI=1S/C25H18N2O4S/c28-20-8-5-14(9-21(20)29)12-26-13-19-18-10-16(6-7-17(18)24(30)27-25(19)31)23-11-15-3-1-2-4-22(15)32-23/h1-11,13,28-29H,12H2,(H2,27,30,31). The number of benzene rings is 3. The van der Waals surface area contributed by atoms with E-state index in [9.17, 15) is 20.1 Å². The first-order chi connectivity index (χ1) is 15.5. The van der Waals surface area contributed by atoms with Crippen molar-refractivity contribution in [3.8, 4) is 27.8 Å². The smallest absolute Gasteiger partial charge is 0.258 e. The first-order valence-corrected chi connectivity index (χ1v) is 10.7. The van der Waals surface area contributed by atoms with Gasteiger partial charge in [0.15, 0.2) is 11.5 Å². The van der Waals surface area contributed by atoms with Crippen LogP contribution in [0, 0.1) is 0 Å². The number of aromatic hydroxyl groups is 3. The molecule has 0 amide bonds. The first-order valence-electron chi connectivity index (χ1n) is 9.88. The number of pyridine rings is 1. The molecule has 6 nitrogen and oxygen atoms in total. The zero-order valence-electron chi connectivity index (χ0n) is 16.7. The van der Waals surface area contributed by atoms with Crippen LogP contribution < -0.4 is 5.56 Å². The molecule has 0 aliphatic carbocycles. The molecule has 3 aromatic carbocycles. The van der Waals surface area contributed by atoms with Crippen LogP contribution in [0.15, 0.2) is 76.5 Å². The summed E-state index contributed by atoms with van der Waals surface area (Å²) < 4.78 is 1.18. The largest absolute Gasteiger partial charge is 0.504 e. The Morgan fingerprint density at radius 3 is 2.56 bits per heavy atom. The van der Waals surface area contributed by atoms with E-state index < -0.39 is 0 Å². The average molecular weight is 442 g/mol. The lowest BCUT2D eigenvalue weighted by Crippen LogP contribution is -2.08. The number of aromatic amines is 1. The molecule has 0 unspecified atom stereocenters. The predicted molar refractivity (Wildman–Crippen MR) is 128 cm³/mol. The van der Waals surface area contributed by atoms with Crippen LogP contribution in [0.1, 0.15) is 11.1 Å². The van der Waals surface area contributed by atoms with E-state index in [0.29, 0.717) is 21.9 Å². The molecule has 2 heterocycles. The van der Waals surface area contributed by atoms with Crippen molar-refractivity contribution in [2.45, 2.75) is 6.54 Å². The number of fused-ring (bicyclic) bond motifs is 2. The summed E-state index contributed by atoms with van der Waals surface area (Å²) in [5, 5.41) is 31.7. The lowest BCUT2D eigenvalue weighted by atomic mass is 10.0. The van der Waals surface area contributed by atoms with Crippen molar-refractivity contribution in [1.82, 2.24) is 4.98 Å². The van der Waals surface area contributed by atoms with Crippen LogP contribution in [0.5, 0.6) is 17.4 Å². The van der Waals surface area contributed by atoms with Gasteiger partial charge in [0.2, 0.25) is 5.88 Å². The molecule has 0 radical (unpaired) electrons. The average Bonchev–Trinajstić information content (AvgIpc) is 3.22. The third-order valence-corrected chi connectivity index (χ3v) is 6.45. The lowest BCUT2D eigenvalue weighted by Gasteiger charge is -2.07. The Hall–Kier alpha value is -4.10. The predicted octanol–water partition coefficient (Wildman–Crippen LogP) is 5.15. The second-order valence-electron chi connectivity index (χ2n) is 7.42. The van der Waals surface area contributed by atoms with E-state index >= 15 is 0 Å². The summed E-state index contributed by atoms with van der Waals surface area (Å²) >= 11 is 1.66. The van der Waals surface area contributed by atoms with Gasteiger partial charge in [0.1, 0.15) is 0 Å². The van der Waals surface area contributed by atoms with Gasteiger partial charge >= 0.3 is 0 Å². The van der Waals surface area contributed by atoms with E-state index in [1.807, 2.05) is 24.3 Å². The quantitative estimate of drug-likeness (QED) is 0.228. The summed E-state index contributed by atoms with van der Waals surface area (Å²) in [6, 6.07) is 20.3. The van der Waals surface area contributed by atoms with Crippen molar-refractivity contribution in [3.63, 3.8) is 0 Å². The molecular weight excluding hydrogens is 424 g/mol. The second-order valence-corrected chi connectivity index (χ2v) is 8.50. The highest BCUT2D eigenvalue weighted by atomic mass is 32.1. The zero-order valence-corrected chi connectivity index (χ0v) is 17.6. The number of phenols is 2. The van der Waals surface area contributed by atoms with Crippen molar-refractivity contribution in [2.75, 3.05) is 0 Å². The van der Waals surface area contributed by atoms with Crippen molar-refractivity contribution < 1.29 is 15.3 Å². The molecule has 0 bridgehead atoms. The zero-order chi connectivity index (χ0) is 22.2. The molecule has 0 atom stereocenters. The molecule has 0 spiro atoms. The number of rotatable bonds is 4. The van der Waals surface area contributed by atoms with Crippen LogP contribution in [-0.2, 0) is 6.54 Å². The van der Waals surface area contributed by atoms with Gasteiger partial charge in [-0.15, -0.1) is 11.3 Å². The summed E-state index contributed by atoms with van der Waals surface area (Å²) in [4.78, 5) is 20.3. The molecule has 5 aromatic rings. The molecule has 0 saturated carbocycles. The van der Waals surface area contributed by atoms with Gasteiger partial charge in [-0.1, -0.05) is 30.3 Å². The number of aliphatic imine (C=N–C) groups is 1. The first kappa shape index (κ1) is 19.8. The molecule has 4 N–H and O–H groups in total. The third-order valence-electron chi connectivity index (χ3n) is 5.29. The molecule has 0 aliphatic rings. The molecule has 32 heavy (non-hydrogen) atoms. The van der Waals surface area contributed by atoms with Gasteiger partial charge in [-0.05, 0) is 52.9 Å². The fourth-order valence-electron chi connectivity index (χ4n) is 3.65. The Bertz CT molecular complexity index is 1530. The van der Waals surface area contributed by atoms with Crippen LogP contribution in [0.4, 0.5) is 0 Å². The highest BCUT2D eigenvalue weighted by Gasteiger charge is 2.12. The Balaban J connectivity index is 1.57. The second kappa shape index (κ2) is 7.86. The van der Waals surface area contributed by atoms with Gasteiger partial charge < -0.3 is 15.3 Å². The number of H-pyrrole nitrogens is 1. The third kappa shape index (κ3) is 3.59. The van der Waals surface area contributed by atoms with E-state index in [0.717, 1.165) is 15.8 Å². The summed E-state index contributed by atoms with van der Waals surface area (Å²) in [5.41, 5.74) is 1.67. The van der Waals surface area contributed by atoms with E-state index in [4.69, 9.17) is 0 Å². The van der Waals surface area contributed by atoms with Gasteiger partial charge in [0, 0.05) is 26.6 Å². The maximum absolute atomic E-state index is 12.4. The molecule has 0 aliphatic heterocycles. The Kier molecular flexibility index (Phi) is 4.88. The normalized spacial score (nSPS) is 11.6. The molecule has 5 rings (SSSR count). The SMILES string of the molecule is O=c1[nH]c(O)c(C=NCc2ccc(O)c(O)c2)c2cc(-c3cc4ccccc4s3)ccc12. The van der Waals surface area contributed by atoms with Crippen LogP contribution in [0.3, 0.4) is 0 Å². The molecule has 0 fully saturated rings. The van der Waals surface area contributed by atoms with E-state index in [1.165, 1.54) is 23.0 Å². The van der Waals surface area contributed by atoms with Crippen molar-refractivity contribution in [2.24, 2.45) is 4.99 Å². The van der Waals surface area contributed by atoms with Crippen LogP contribution in [0.2, 0.25) is 0 Å². The van der Waals surface area contributed by atoms with Crippen LogP contribution in [-0.4, -0.2) is 26.5 Å². The van der Waals surface area contributed by atoms with Crippen molar-refractivity contribution in [3.05, 3.63) is 88.2 Å². The number of nitrogens with zero attached hydrogens (tertiary/aromatic N) is 1. The van der Waals surface area contributed by atoms with Gasteiger partial charge in [-0.2, -0.15) is 0 Å². The minimum absolute atomic E-state index is 0.198. The Labute approximate surface area is 186 Å². The van der Waals surface area contributed by atoms with E-state index in [-0.39, 0.29) is 29.5 Å². The number of phenolic OH excluding ortho intramolecular Hbond substituents is 2. The molecular formula is C25H18N2O4S. The molecule has 7 heteroatoms. The van der Waals surface area contributed by atoms with E-state index in [2.05, 4.69) is 28.2 Å². The molecule has 0 saturated heterocycles. The van der Waals surface area contributed by atoms with Crippen LogP contribution in [0.25, 0.3) is 31.3 Å². The number of thiophene rings is 1. The minimum atomic E-state index is -0.374. The van der Waals surface area contributed by atoms with Crippen molar-refractivity contribution in [1.29, 1.82) is 0 Å². The maximum atomic E-state index is 12.4. The molecule has 158 valence electrons. The maximum Gasteiger partial charge on any atom is 0.258 e. The Morgan fingerprint density at radius 1 is 0.906 bits per heavy atom. The summed E-state index contributed by atoms with van der Waals surface area (Å²) in [6.45, 7) is 0.226. The number of nitrogens with one attached hydrogen (secondary N) is 1.